The van der Waals surface area contributed by atoms with E-state index in [1.54, 1.807) is 31.4 Å². The molecule has 0 radical (unpaired) electrons. The van der Waals surface area contributed by atoms with Crippen LogP contribution in [0.2, 0.25) is 0 Å². The highest BCUT2D eigenvalue weighted by Crippen LogP contribution is 2.12. The Balaban J connectivity index is 1.71. The monoisotopic (exact) mass is 327 g/mol. The van der Waals surface area contributed by atoms with Gasteiger partial charge in [-0.1, -0.05) is 18.2 Å². The summed E-state index contributed by atoms with van der Waals surface area (Å²) in [6.07, 6.45) is 0. The Bertz CT molecular complexity index is 699. The average Bonchev–Trinajstić information content (AvgIpc) is 2.60. The summed E-state index contributed by atoms with van der Waals surface area (Å²) in [6.45, 7) is 2.59. The van der Waals surface area contributed by atoms with Gasteiger partial charge < -0.3 is 20.7 Å². The van der Waals surface area contributed by atoms with Crippen LogP contribution in [0.15, 0.2) is 48.5 Å². The van der Waals surface area contributed by atoms with Crippen LogP contribution >= 0.6 is 0 Å². The second-order valence-corrected chi connectivity index (χ2v) is 5.18. The van der Waals surface area contributed by atoms with Crippen molar-refractivity contribution in [3.63, 3.8) is 0 Å². The second kappa shape index (κ2) is 8.57. The molecule has 24 heavy (non-hydrogen) atoms. The number of methoxy groups -OCH3 is 1. The number of nitrogens with one attached hydrogen (secondary N) is 3. The number of anilines is 1. The molecule has 2 rings (SSSR count). The molecular weight excluding hydrogens is 306 g/mol. The average molecular weight is 327 g/mol. The van der Waals surface area contributed by atoms with Gasteiger partial charge in [0.15, 0.2) is 0 Å². The van der Waals surface area contributed by atoms with E-state index < -0.39 is 0 Å². The van der Waals surface area contributed by atoms with Crippen LogP contribution in [0.1, 0.15) is 15.9 Å². The van der Waals surface area contributed by atoms with E-state index in [2.05, 4.69) is 16.0 Å². The number of benzene rings is 2. The fourth-order valence-corrected chi connectivity index (χ4v) is 2.08. The van der Waals surface area contributed by atoms with E-state index in [0.29, 0.717) is 24.4 Å². The van der Waals surface area contributed by atoms with Gasteiger partial charge in [0.05, 0.1) is 7.11 Å². The van der Waals surface area contributed by atoms with E-state index in [0.717, 1.165) is 11.3 Å². The molecule has 0 heterocycles. The van der Waals surface area contributed by atoms with Crippen LogP contribution < -0.4 is 20.7 Å². The van der Waals surface area contributed by atoms with Gasteiger partial charge in [0.1, 0.15) is 5.75 Å². The highest BCUT2D eigenvalue weighted by Gasteiger charge is 2.06. The third kappa shape index (κ3) is 5.01. The largest absolute Gasteiger partial charge is 0.497 e. The lowest BCUT2D eigenvalue weighted by molar-refractivity contribution is 0.0954. The van der Waals surface area contributed by atoms with Crippen LogP contribution in [0.5, 0.6) is 5.75 Å². The van der Waals surface area contributed by atoms with E-state index in [4.69, 9.17) is 4.74 Å². The molecule has 3 N–H and O–H groups in total. The summed E-state index contributed by atoms with van der Waals surface area (Å²) in [5.41, 5.74) is 2.29. The number of hydrogen-bond acceptors (Lipinski definition) is 3. The number of amides is 3. The van der Waals surface area contributed by atoms with Gasteiger partial charge in [-0.3, -0.25) is 4.79 Å². The first-order valence-corrected chi connectivity index (χ1v) is 7.63. The number of para-hydroxylation sites is 1. The maximum absolute atomic E-state index is 11.9. The lowest BCUT2D eigenvalue weighted by Gasteiger charge is -2.10. The van der Waals surface area contributed by atoms with Gasteiger partial charge in [0.25, 0.3) is 5.91 Å². The zero-order valence-electron chi connectivity index (χ0n) is 13.8. The topological polar surface area (TPSA) is 79.5 Å². The summed E-state index contributed by atoms with van der Waals surface area (Å²) in [7, 11) is 1.57. The third-order valence-electron chi connectivity index (χ3n) is 3.44. The number of rotatable bonds is 6. The highest BCUT2D eigenvalue weighted by atomic mass is 16.5. The van der Waals surface area contributed by atoms with Crippen molar-refractivity contribution in [3.8, 4) is 5.75 Å². The fourth-order valence-electron chi connectivity index (χ4n) is 2.08. The van der Waals surface area contributed by atoms with Crippen molar-refractivity contribution in [3.05, 3.63) is 59.7 Å². The molecular formula is C18H21N3O3. The maximum Gasteiger partial charge on any atom is 0.319 e. The van der Waals surface area contributed by atoms with E-state index in [-0.39, 0.29) is 11.9 Å². The van der Waals surface area contributed by atoms with Crippen molar-refractivity contribution in [2.24, 2.45) is 0 Å². The van der Waals surface area contributed by atoms with E-state index >= 15 is 0 Å². The number of hydrogen-bond donors (Lipinski definition) is 3. The van der Waals surface area contributed by atoms with Gasteiger partial charge in [-0.2, -0.15) is 0 Å². The Hall–Kier alpha value is -3.02. The molecule has 0 aliphatic rings. The van der Waals surface area contributed by atoms with Crippen LogP contribution in [-0.4, -0.2) is 32.1 Å². The lowest BCUT2D eigenvalue weighted by Crippen LogP contribution is -2.36. The predicted octanol–water partition coefficient (Wildman–Crippen LogP) is 2.56. The number of urea groups is 1. The predicted molar refractivity (Wildman–Crippen MR) is 93.5 cm³/mol. The maximum atomic E-state index is 11.9. The molecule has 6 heteroatoms. The smallest absolute Gasteiger partial charge is 0.319 e. The summed E-state index contributed by atoms with van der Waals surface area (Å²) < 4.78 is 5.04. The van der Waals surface area contributed by atoms with Gasteiger partial charge in [-0.15, -0.1) is 0 Å². The van der Waals surface area contributed by atoms with E-state index in [1.165, 1.54) is 0 Å². The van der Waals surface area contributed by atoms with E-state index in [9.17, 15) is 9.59 Å². The third-order valence-corrected chi connectivity index (χ3v) is 3.44. The van der Waals surface area contributed by atoms with Gasteiger partial charge in [0.2, 0.25) is 0 Å². The first kappa shape index (κ1) is 17.3. The summed E-state index contributed by atoms with van der Waals surface area (Å²) in [5.74, 6) is 0.500. The minimum atomic E-state index is -0.303. The number of aryl methyl sites for hydroxylation is 1. The molecule has 0 atom stereocenters. The molecule has 2 aromatic carbocycles. The summed E-state index contributed by atoms with van der Waals surface area (Å²) in [5, 5.41) is 8.21. The first-order chi connectivity index (χ1) is 11.6. The Labute approximate surface area is 141 Å². The van der Waals surface area contributed by atoms with Crippen molar-refractivity contribution < 1.29 is 14.3 Å². The SMILES string of the molecule is COc1ccc(C(=O)NCCNC(=O)Nc2ccccc2C)cc1. The van der Waals surface area contributed by atoms with Crippen LogP contribution in [0.3, 0.4) is 0 Å². The Morgan fingerprint density at radius 3 is 2.29 bits per heavy atom. The zero-order chi connectivity index (χ0) is 17.4. The molecule has 0 aliphatic heterocycles. The summed E-state index contributed by atoms with van der Waals surface area (Å²) >= 11 is 0. The van der Waals surface area contributed by atoms with Gasteiger partial charge in [-0.25, -0.2) is 4.79 Å². The van der Waals surface area contributed by atoms with Gasteiger partial charge in [-0.05, 0) is 42.8 Å². The summed E-state index contributed by atoms with van der Waals surface area (Å²) in [6, 6.07) is 14.0. The lowest BCUT2D eigenvalue weighted by atomic mass is 10.2. The van der Waals surface area contributed by atoms with Gasteiger partial charge >= 0.3 is 6.03 Å². The van der Waals surface area contributed by atoms with Crippen LogP contribution in [0.4, 0.5) is 10.5 Å². The molecule has 0 spiro atoms. The van der Waals surface area contributed by atoms with E-state index in [1.807, 2.05) is 31.2 Å². The molecule has 0 aliphatic carbocycles. The van der Waals surface area contributed by atoms with Crippen LogP contribution in [0.25, 0.3) is 0 Å². The highest BCUT2D eigenvalue weighted by molar-refractivity contribution is 5.94. The second-order valence-electron chi connectivity index (χ2n) is 5.18. The van der Waals surface area contributed by atoms with Gasteiger partial charge in [0, 0.05) is 24.3 Å². The minimum Gasteiger partial charge on any atom is -0.497 e. The minimum absolute atomic E-state index is 0.196. The molecule has 0 fully saturated rings. The number of ether oxygens (including phenoxy) is 1. The molecule has 6 nitrogen and oxygen atoms in total. The standard InChI is InChI=1S/C18H21N3O3/c1-13-5-3-4-6-16(13)21-18(23)20-12-11-19-17(22)14-7-9-15(24-2)10-8-14/h3-10H,11-12H2,1-2H3,(H,19,22)(H2,20,21,23). The van der Waals surface area contributed by atoms with Crippen molar-refractivity contribution in [2.45, 2.75) is 6.92 Å². The van der Waals surface area contributed by atoms with Crippen molar-refractivity contribution in [2.75, 3.05) is 25.5 Å². The molecule has 0 saturated heterocycles. The molecule has 2 aromatic rings. The number of carbonyl (C=O) groups excluding carboxylic acids is 2. The molecule has 0 aromatic heterocycles. The quantitative estimate of drug-likeness (QED) is 0.713. The van der Waals surface area contributed by atoms with Crippen LogP contribution in [0, 0.1) is 6.92 Å². The van der Waals surface area contributed by atoms with Crippen molar-refractivity contribution in [1.29, 1.82) is 0 Å². The molecule has 0 saturated carbocycles. The Morgan fingerprint density at radius 2 is 1.62 bits per heavy atom. The Kier molecular flexibility index (Phi) is 6.19. The molecule has 126 valence electrons. The molecule has 3 amide bonds. The summed E-state index contributed by atoms with van der Waals surface area (Å²) in [4.78, 5) is 23.7. The van der Waals surface area contributed by atoms with Crippen molar-refractivity contribution >= 4 is 17.6 Å². The molecule has 0 unspecified atom stereocenters. The molecule has 0 bridgehead atoms. The van der Waals surface area contributed by atoms with Crippen LogP contribution in [-0.2, 0) is 0 Å². The first-order valence-electron chi connectivity index (χ1n) is 7.63. The van der Waals surface area contributed by atoms with Crippen molar-refractivity contribution in [1.82, 2.24) is 10.6 Å². The fraction of sp³-hybridized carbons (Fsp3) is 0.222. The Morgan fingerprint density at radius 1 is 0.958 bits per heavy atom. The zero-order valence-corrected chi connectivity index (χ0v) is 13.8. The number of carbonyl (C=O) groups is 2. The normalized spacial score (nSPS) is 9.92.